The average molecular weight is 308 g/mol. The molecule has 1 fully saturated rings. The van der Waals surface area contributed by atoms with Gasteiger partial charge in [-0.3, -0.25) is 0 Å². The molecule has 0 aliphatic heterocycles. The highest BCUT2D eigenvalue weighted by Gasteiger charge is 2.33. The molecule has 0 atom stereocenters. The summed E-state index contributed by atoms with van der Waals surface area (Å²) in [4.78, 5) is 3.99. The topological polar surface area (TPSA) is 94.3 Å². The van der Waals surface area contributed by atoms with Crippen LogP contribution in [0.25, 0.3) is 0 Å². The Bertz CT molecular complexity index is 514. The molecule has 0 bridgehead atoms. The van der Waals surface area contributed by atoms with Gasteiger partial charge in [0.25, 0.3) is 0 Å². The molecule has 1 saturated carbocycles. The number of rotatable bonds is 5. The Morgan fingerprint density at radius 1 is 1.47 bits per heavy atom. The fraction of sp³-hybridized carbons (Fsp3) is 0.545. The first-order valence-corrected chi connectivity index (χ1v) is 7.22. The summed E-state index contributed by atoms with van der Waals surface area (Å²) < 4.78 is 31.3. The van der Waals surface area contributed by atoms with Gasteiger partial charge in [-0.2, -0.15) is 0 Å². The molecule has 8 heteroatoms. The minimum absolute atomic E-state index is 0. The van der Waals surface area contributed by atoms with E-state index in [0.29, 0.717) is 5.88 Å². The van der Waals surface area contributed by atoms with Gasteiger partial charge < -0.3 is 10.5 Å². The monoisotopic (exact) mass is 307 g/mol. The summed E-state index contributed by atoms with van der Waals surface area (Å²) in [5.74, 6) is 0.378. The lowest BCUT2D eigenvalue weighted by Crippen LogP contribution is -2.54. The van der Waals surface area contributed by atoms with Crippen LogP contribution in [-0.4, -0.2) is 32.6 Å². The summed E-state index contributed by atoms with van der Waals surface area (Å²) in [5.41, 5.74) is 5.59. The van der Waals surface area contributed by atoms with Crippen molar-refractivity contribution in [1.29, 1.82) is 0 Å². The van der Waals surface area contributed by atoms with Crippen LogP contribution in [0.15, 0.2) is 23.2 Å². The van der Waals surface area contributed by atoms with Crippen LogP contribution in [0.1, 0.15) is 19.3 Å². The summed E-state index contributed by atoms with van der Waals surface area (Å²) in [6, 6.07) is 2.97. The zero-order valence-electron chi connectivity index (χ0n) is 10.6. The molecule has 0 radical (unpaired) electrons. The Labute approximate surface area is 119 Å². The van der Waals surface area contributed by atoms with E-state index in [0.717, 1.165) is 19.3 Å². The highest BCUT2D eigenvalue weighted by atomic mass is 35.5. The number of ether oxygens (including phenoxy) is 1. The number of sulfonamides is 1. The first kappa shape index (κ1) is 16.2. The maximum Gasteiger partial charge on any atom is 0.242 e. The quantitative estimate of drug-likeness (QED) is 0.834. The highest BCUT2D eigenvalue weighted by Crippen LogP contribution is 2.28. The first-order valence-electron chi connectivity index (χ1n) is 5.74. The van der Waals surface area contributed by atoms with Gasteiger partial charge in [0.15, 0.2) is 0 Å². The number of hydrogen-bond donors (Lipinski definition) is 2. The molecule has 0 amide bonds. The molecule has 0 aromatic carbocycles. The molecule has 0 unspecified atom stereocenters. The van der Waals surface area contributed by atoms with Crippen LogP contribution in [0.4, 0.5) is 0 Å². The average Bonchev–Trinajstić information content (AvgIpc) is 2.34. The van der Waals surface area contributed by atoms with Crippen molar-refractivity contribution in [3.05, 3.63) is 18.3 Å². The van der Waals surface area contributed by atoms with E-state index in [1.54, 1.807) is 0 Å². The smallest absolute Gasteiger partial charge is 0.242 e. The van der Waals surface area contributed by atoms with E-state index in [4.69, 9.17) is 10.5 Å². The Morgan fingerprint density at radius 2 is 2.16 bits per heavy atom. The van der Waals surface area contributed by atoms with Crippen molar-refractivity contribution >= 4 is 22.4 Å². The van der Waals surface area contributed by atoms with E-state index in [-0.39, 0.29) is 29.4 Å². The van der Waals surface area contributed by atoms with Gasteiger partial charge in [0.2, 0.25) is 15.9 Å². The second kappa shape index (κ2) is 6.04. The fourth-order valence-electron chi connectivity index (χ4n) is 1.78. The summed E-state index contributed by atoms with van der Waals surface area (Å²) in [6.07, 6.45) is 4.04. The summed E-state index contributed by atoms with van der Waals surface area (Å²) >= 11 is 0. The van der Waals surface area contributed by atoms with Gasteiger partial charge in [-0.1, -0.05) is 0 Å². The van der Waals surface area contributed by atoms with E-state index in [9.17, 15) is 8.42 Å². The number of aromatic nitrogens is 1. The molecular formula is C11H18ClN3O3S. The van der Waals surface area contributed by atoms with Gasteiger partial charge in [0, 0.05) is 18.2 Å². The molecule has 0 saturated heterocycles. The van der Waals surface area contributed by atoms with E-state index in [1.165, 1.54) is 25.4 Å². The summed E-state index contributed by atoms with van der Waals surface area (Å²) in [5, 5.41) is 0. The minimum atomic E-state index is -3.54. The van der Waals surface area contributed by atoms with E-state index < -0.39 is 10.0 Å². The number of nitrogens with two attached hydrogens (primary N) is 1. The number of hydrogen-bond acceptors (Lipinski definition) is 5. The third-order valence-electron chi connectivity index (χ3n) is 3.19. The van der Waals surface area contributed by atoms with Crippen LogP contribution >= 0.6 is 12.4 Å². The SMILES string of the molecule is COc1ccc(S(=O)(=O)NCC2(N)CCC2)cn1.Cl. The Balaban J connectivity index is 0.00000180. The van der Waals surface area contributed by atoms with Crippen molar-refractivity contribution in [3.63, 3.8) is 0 Å². The van der Waals surface area contributed by atoms with E-state index in [1.807, 2.05) is 0 Å². The number of pyridine rings is 1. The van der Waals surface area contributed by atoms with Gasteiger partial charge in [0.05, 0.1) is 13.3 Å². The first-order chi connectivity index (χ1) is 8.45. The van der Waals surface area contributed by atoms with Crippen molar-refractivity contribution in [2.45, 2.75) is 29.7 Å². The van der Waals surface area contributed by atoms with Gasteiger partial charge >= 0.3 is 0 Å². The highest BCUT2D eigenvalue weighted by molar-refractivity contribution is 7.89. The van der Waals surface area contributed by atoms with Gasteiger partial charge in [-0.25, -0.2) is 18.1 Å². The predicted molar refractivity (Wildman–Crippen MR) is 74.0 cm³/mol. The molecule has 1 aromatic heterocycles. The van der Waals surface area contributed by atoms with Crippen LogP contribution < -0.4 is 15.2 Å². The molecule has 6 nitrogen and oxygen atoms in total. The van der Waals surface area contributed by atoms with Crippen LogP contribution in [0.5, 0.6) is 5.88 Å². The molecular weight excluding hydrogens is 290 g/mol. The zero-order chi connectivity index (χ0) is 13.2. The minimum Gasteiger partial charge on any atom is -0.481 e. The van der Waals surface area contributed by atoms with Gasteiger partial charge in [-0.05, 0) is 25.3 Å². The summed E-state index contributed by atoms with van der Waals surface area (Å²) in [7, 11) is -2.07. The molecule has 2 rings (SSSR count). The number of halogens is 1. The molecule has 1 aliphatic rings. The zero-order valence-corrected chi connectivity index (χ0v) is 12.3. The third kappa shape index (κ3) is 3.79. The van der Waals surface area contributed by atoms with Crippen molar-refractivity contribution in [2.24, 2.45) is 5.73 Å². The predicted octanol–water partition coefficient (Wildman–Crippen LogP) is 0.672. The normalized spacial score (nSPS) is 17.2. The Kier molecular flexibility index (Phi) is 5.14. The number of nitrogens with one attached hydrogen (secondary N) is 1. The third-order valence-corrected chi connectivity index (χ3v) is 4.58. The van der Waals surface area contributed by atoms with Crippen LogP contribution in [0.2, 0.25) is 0 Å². The lowest BCUT2D eigenvalue weighted by atomic mass is 9.78. The second-order valence-electron chi connectivity index (χ2n) is 4.58. The number of nitrogens with zero attached hydrogens (tertiary/aromatic N) is 1. The van der Waals surface area contributed by atoms with Gasteiger partial charge in [0.1, 0.15) is 4.90 Å². The van der Waals surface area contributed by atoms with Crippen LogP contribution in [0, 0.1) is 0 Å². The Morgan fingerprint density at radius 3 is 2.58 bits per heavy atom. The van der Waals surface area contributed by atoms with Crippen LogP contribution in [0.3, 0.4) is 0 Å². The second-order valence-corrected chi connectivity index (χ2v) is 6.34. The molecule has 108 valence electrons. The van der Waals surface area contributed by atoms with Crippen molar-refractivity contribution in [2.75, 3.05) is 13.7 Å². The largest absolute Gasteiger partial charge is 0.481 e. The van der Waals surface area contributed by atoms with E-state index in [2.05, 4.69) is 9.71 Å². The van der Waals surface area contributed by atoms with Crippen molar-refractivity contribution < 1.29 is 13.2 Å². The van der Waals surface area contributed by atoms with Gasteiger partial charge in [-0.15, -0.1) is 12.4 Å². The van der Waals surface area contributed by atoms with E-state index >= 15 is 0 Å². The molecule has 3 N–H and O–H groups in total. The Hall–Kier alpha value is -0.890. The number of methoxy groups -OCH3 is 1. The molecule has 1 aromatic rings. The summed E-state index contributed by atoms with van der Waals surface area (Å²) in [6.45, 7) is 0.265. The standard InChI is InChI=1S/C11H17N3O3S.ClH/c1-17-10-4-3-9(7-13-10)18(15,16)14-8-11(12)5-2-6-11;/h3-4,7,14H,2,5-6,8,12H2,1H3;1H. The maximum atomic E-state index is 12.0. The fourth-order valence-corrected chi connectivity index (χ4v) is 2.86. The van der Waals surface area contributed by atoms with Crippen LogP contribution in [-0.2, 0) is 10.0 Å². The lowest BCUT2D eigenvalue weighted by molar-refractivity contribution is 0.251. The molecule has 19 heavy (non-hydrogen) atoms. The molecule has 1 heterocycles. The lowest BCUT2D eigenvalue weighted by Gasteiger charge is -2.37. The molecule has 0 spiro atoms. The van der Waals surface area contributed by atoms with Crippen molar-refractivity contribution in [1.82, 2.24) is 9.71 Å². The van der Waals surface area contributed by atoms with Crippen molar-refractivity contribution in [3.8, 4) is 5.88 Å². The maximum absolute atomic E-state index is 12.0. The molecule has 1 aliphatic carbocycles.